The van der Waals surface area contributed by atoms with E-state index in [1.165, 1.54) is 6.07 Å². The molecule has 4 atom stereocenters. The standard InChI is InChI=1S/C26H35NO5/c1-18-10-9-11-20-14-21(16-22(28)15-20)27-25(30)17-23(32-3)12-7-5-4-6-8-13-24(29)19(2)26(18)31/h4-8,10,12,14-16,19,23-24,26,28-29,31H,9,11,13,17H2,1-3H3,(H,27,30). The number of nitrogens with one attached hydrogen (secondary N) is 1. The van der Waals surface area contributed by atoms with E-state index >= 15 is 0 Å². The van der Waals surface area contributed by atoms with Crippen molar-refractivity contribution in [2.24, 2.45) is 5.92 Å². The Morgan fingerprint density at radius 2 is 1.84 bits per heavy atom. The Labute approximate surface area is 190 Å². The summed E-state index contributed by atoms with van der Waals surface area (Å²) in [7, 11) is 1.55. The summed E-state index contributed by atoms with van der Waals surface area (Å²) in [5, 5.41) is 33.9. The normalized spacial score (nSPS) is 26.2. The molecule has 1 aromatic carbocycles. The van der Waals surface area contributed by atoms with Crippen LogP contribution in [0.4, 0.5) is 5.69 Å². The molecular weight excluding hydrogens is 406 g/mol. The lowest BCUT2D eigenvalue weighted by atomic mass is 9.90. The first-order valence-corrected chi connectivity index (χ1v) is 11.0. The third kappa shape index (κ3) is 8.46. The quantitative estimate of drug-likeness (QED) is 0.493. The van der Waals surface area contributed by atoms with Gasteiger partial charge >= 0.3 is 0 Å². The van der Waals surface area contributed by atoms with Gasteiger partial charge in [-0.2, -0.15) is 0 Å². The number of phenolic OH excluding ortho intramolecular Hbond substituents is 1. The summed E-state index contributed by atoms with van der Waals surface area (Å²) in [5.74, 6) is -0.442. The molecule has 6 heteroatoms. The molecule has 1 aromatic rings. The summed E-state index contributed by atoms with van der Waals surface area (Å²) in [6, 6.07) is 5.01. The summed E-state index contributed by atoms with van der Waals surface area (Å²) in [5.41, 5.74) is 2.20. The molecule has 4 N–H and O–H groups in total. The van der Waals surface area contributed by atoms with Crippen molar-refractivity contribution in [1.29, 1.82) is 0 Å². The number of hydrogen-bond donors (Lipinski definition) is 4. The largest absolute Gasteiger partial charge is 0.508 e. The van der Waals surface area contributed by atoms with Gasteiger partial charge in [0.2, 0.25) is 5.91 Å². The lowest BCUT2D eigenvalue weighted by molar-refractivity contribution is -0.117. The lowest BCUT2D eigenvalue weighted by Crippen LogP contribution is -2.30. The second-order valence-electron chi connectivity index (χ2n) is 8.21. The monoisotopic (exact) mass is 441 g/mol. The van der Waals surface area contributed by atoms with Crippen LogP contribution in [0.5, 0.6) is 5.75 Å². The van der Waals surface area contributed by atoms with Crippen LogP contribution in [0.2, 0.25) is 0 Å². The number of aryl methyl sites for hydroxylation is 1. The van der Waals surface area contributed by atoms with Gasteiger partial charge in [-0.05, 0) is 49.5 Å². The van der Waals surface area contributed by atoms with Gasteiger partial charge < -0.3 is 25.4 Å². The number of ether oxygens (including phenoxy) is 1. The first-order valence-electron chi connectivity index (χ1n) is 11.0. The Morgan fingerprint density at radius 3 is 2.59 bits per heavy atom. The zero-order valence-corrected chi connectivity index (χ0v) is 19.1. The number of hydrogen-bond acceptors (Lipinski definition) is 5. The van der Waals surface area contributed by atoms with Crippen LogP contribution in [0.1, 0.15) is 38.7 Å². The minimum absolute atomic E-state index is 0.0782. The van der Waals surface area contributed by atoms with E-state index in [0.29, 0.717) is 24.9 Å². The number of fused-ring (bicyclic) bond motifs is 2. The molecule has 32 heavy (non-hydrogen) atoms. The fourth-order valence-electron chi connectivity index (χ4n) is 3.56. The number of methoxy groups -OCH3 is 1. The lowest BCUT2D eigenvalue weighted by Gasteiger charge is -2.24. The van der Waals surface area contributed by atoms with Gasteiger partial charge in [0, 0.05) is 24.8 Å². The molecule has 0 saturated heterocycles. The minimum Gasteiger partial charge on any atom is -0.508 e. The summed E-state index contributed by atoms with van der Waals surface area (Å²) in [6.45, 7) is 3.69. The van der Waals surface area contributed by atoms with E-state index in [1.807, 2.05) is 50.3 Å². The van der Waals surface area contributed by atoms with E-state index in [1.54, 1.807) is 25.3 Å². The van der Waals surface area contributed by atoms with E-state index in [9.17, 15) is 20.1 Å². The first kappa shape index (κ1) is 25.6. The van der Waals surface area contributed by atoms with Crippen molar-refractivity contribution in [1.82, 2.24) is 0 Å². The number of carbonyl (C=O) groups excluding carboxylic acids is 1. The number of aromatic hydroxyl groups is 1. The topological polar surface area (TPSA) is 99.0 Å². The molecule has 2 rings (SSSR count). The van der Waals surface area contributed by atoms with Gasteiger partial charge in [0.05, 0.1) is 24.7 Å². The highest BCUT2D eigenvalue weighted by atomic mass is 16.5. The van der Waals surface area contributed by atoms with Crippen LogP contribution < -0.4 is 5.32 Å². The average Bonchev–Trinajstić information content (AvgIpc) is 2.75. The molecule has 0 aliphatic carbocycles. The van der Waals surface area contributed by atoms with Crippen molar-refractivity contribution in [2.75, 3.05) is 12.4 Å². The highest BCUT2D eigenvalue weighted by Crippen LogP contribution is 2.23. The number of allylic oxidation sites excluding steroid dienone is 5. The van der Waals surface area contributed by atoms with Crippen LogP contribution in [-0.4, -0.2) is 46.6 Å². The van der Waals surface area contributed by atoms with Crippen molar-refractivity contribution in [3.8, 4) is 5.75 Å². The molecule has 0 spiro atoms. The summed E-state index contributed by atoms with van der Waals surface area (Å²) < 4.78 is 5.36. The van der Waals surface area contributed by atoms with Crippen molar-refractivity contribution in [2.45, 2.75) is 57.8 Å². The van der Waals surface area contributed by atoms with Crippen molar-refractivity contribution >= 4 is 11.6 Å². The van der Waals surface area contributed by atoms with E-state index in [4.69, 9.17) is 4.74 Å². The highest BCUT2D eigenvalue weighted by molar-refractivity contribution is 5.91. The second kappa shape index (κ2) is 13.0. The first-order chi connectivity index (χ1) is 15.3. The van der Waals surface area contributed by atoms with Crippen LogP contribution in [0.25, 0.3) is 0 Å². The zero-order chi connectivity index (χ0) is 23.5. The number of aliphatic hydroxyl groups excluding tert-OH is 2. The van der Waals surface area contributed by atoms with Gasteiger partial charge in [-0.1, -0.05) is 49.5 Å². The Morgan fingerprint density at radius 1 is 1.09 bits per heavy atom. The number of aliphatic hydroxyl groups is 2. The fraction of sp³-hybridized carbons (Fsp3) is 0.423. The predicted molar refractivity (Wildman–Crippen MR) is 127 cm³/mol. The van der Waals surface area contributed by atoms with Crippen molar-refractivity contribution in [3.63, 3.8) is 0 Å². The summed E-state index contributed by atoms with van der Waals surface area (Å²) >= 11 is 0. The smallest absolute Gasteiger partial charge is 0.227 e. The molecule has 0 saturated carbocycles. The van der Waals surface area contributed by atoms with Crippen molar-refractivity contribution in [3.05, 3.63) is 71.9 Å². The zero-order valence-electron chi connectivity index (χ0n) is 19.1. The van der Waals surface area contributed by atoms with Gasteiger partial charge in [-0.15, -0.1) is 0 Å². The Kier molecular flexibility index (Phi) is 10.4. The van der Waals surface area contributed by atoms with Gasteiger partial charge in [-0.25, -0.2) is 0 Å². The molecule has 174 valence electrons. The van der Waals surface area contributed by atoms with Crippen LogP contribution >= 0.6 is 0 Å². The SMILES string of the molecule is COC1C=CC=CC=CCC(O)C(C)C(O)C(C)=CCCc2cc(O)cc(c2)NC(=O)C1. The van der Waals surface area contributed by atoms with E-state index < -0.39 is 12.2 Å². The maximum atomic E-state index is 12.4. The average molecular weight is 442 g/mol. The molecule has 4 unspecified atom stereocenters. The number of rotatable bonds is 1. The van der Waals surface area contributed by atoms with E-state index in [0.717, 1.165) is 11.1 Å². The van der Waals surface area contributed by atoms with E-state index in [2.05, 4.69) is 5.32 Å². The second-order valence-corrected chi connectivity index (χ2v) is 8.21. The molecular formula is C26H35NO5. The Hall–Kier alpha value is -2.67. The van der Waals surface area contributed by atoms with Gasteiger partial charge in [0.1, 0.15) is 5.75 Å². The number of anilines is 1. The van der Waals surface area contributed by atoms with Crippen LogP contribution in [0.3, 0.4) is 0 Å². The molecule has 1 heterocycles. The highest BCUT2D eigenvalue weighted by Gasteiger charge is 2.22. The maximum Gasteiger partial charge on any atom is 0.227 e. The third-order valence-electron chi connectivity index (χ3n) is 5.59. The molecule has 2 bridgehead atoms. The molecule has 6 nitrogen and oxygen atoms in total. The van der Waals surface area contributed by atoms with E-state index in [-0.39, 0.29) is 30.1 Å². The van der Waals surface area contributed by atoms with Gasteiger partial charge in [0.25, 0.3) is 0 Å². The number of benzene rings is 1. The minimum atomic E-state index is -0.740. The van der Waals surface area contributed by atoms with Crippen LogP contribution in [0.15, 0.2) is 66.3 Å². The van der Waals surface area contributed by atoms with Gasteiger partial charge in [-0.3, -0.25) is 4.79 Å². The molecule has 0 fully saturated rings. The molecule has 1 aliphatic rings. The Balaban J connectivity index is 2.25. The number of amides is 1. The van der Waals surface area contributed by atoms with Gasteiger partial charge in [0.15, 0.2) is 0 Å². The maximum absolute atomic E-state index is 12.4. The number of phenols is 1. The summed E-state index contributed by atoms with van der Waals surface area (Å²) in [6.07, 6.45) is 13.0. The number of carbonyl (C=O) groups is 1. The van der Waals surface area contributed by atoms with Crippen LogP contribution in [0, 0.1) is 5.92 Å². The molecule has 0 radical (unpaired) electrons. The van der Waals surface area contributed by atoms with Crippen LogP contribution in [-0.2, 0) is 16.0 Å². The van der Waals surface area contributed by atoms with Crippen molar-refractivity contribution < 1.29 is 24.9 Å². The predicted octanol–water partition coefficient (Wildman–Crippen LogP) is 4.04. The third-order valence-corrected chi connectivity index (χ3v) is 5.59. The summed E-state index contributed by atoms with van der Waals surface area (Å²) in [4.78, 5) is 12.4. The molecule has 0 aromatic heterocycles. The fourth-order valence-corrected chi connectivity index (χ4v) is 3.56. The molecule has 1 aliphatic heterocycles. The molecule has 1 amide bonds. The Bertz CT molecular complexity index is 871.